The molecule has 2 aromatic heterocycles. The molecule has 4 nitrogen and oxygen atoms in total. The van der Waals surface area contributed by atoms with Gasteiger partial charge >= 0.3 is 0 Å². The van der Waals surface area contributed by atoms with Crippen molar-refractivity contribution in [1.29, 1.82) is 0 Å². The quantitative estimate of drug-likeness (QED) is 0.174. The molecule has 0 spiro atoms. The largest absolute Gasteiger partial charge is 0.309 e. The molecule has 0 unspecified atom stereocenters. The van der Waals surface area contributed by atoms with Gasteiger partial charge in [-0.05, 0) is 73.6 Å². The molecule has 12 rings (SSSR count). The lowest BCUT2D eigenvalue weighted by Crippen LogP contribution is -2.15. The van der Waals surface area contributed by atoms with Crippen molar-refractivity contribution >= 4 is 43.4 Å². The van der Waals surface area contributed by atoms with Gasteiger partial charge in [-0.15, -0.1) is 0 Å². The Labute approximate surface area is 368 Å². The maximum absolute atomic E-state index is 5.10. The molecule has 0 atom stereocenters. The predicted octanol–water partition coefficient (Wildman–Crippen LogP) is 15.7. The van der Waals surface area contributed by atoms with Crippen LogP contribution in [0.15, 0.2) is 194 Å². The van der Waals surface area contributed by atoms with Gasteiger partial charge in [-0.3, -0.25) is 0 Å². The van der Waals surface area contributed by atoms with Crippen LogP contribution in [-0.4, -0.2) is 19.5 Å². The average molecular weight is 811 g/mol. The minimum atomic E-state index is -0.155. The van der Waals surface area contributed by atoms with Gasteiger partial charge < -0.3 is 4.57 Å². The molecule has 302 valence electrons. The van der Waals surface area contributed by atoms with E-state index < -0.39 is 0 Å². The Morgan fingerprint density at radius 3 is 1.68 bits per heavy atom. The van der Waals surface area contributed by atoms with Crippen LogP contribution in [0, 0.1) is 0 Å². The van der Waals surface area contributed by atoms with Crippen molar-refractivity contribution in [3.05, 3.63) is 205 Å². The molecule has 0 radical (unpaired) electrons. The Kier molecular flexibility index (Phi) is 9.31. The number of para-hydroxylation sites is 1. The first-order valence-electron chi connectivity index (χ1n) is 22.0. The van der Waals surface area contributed by atoms with Crippen LogP contribution >= 0.6 is 0 Å². The van der Waals surface area contributed by atoms with Crippen molar-refractivity contribution in [1.82, 2.24) is 19.5 Å². The van der Waals surface area contributed by atoms with Crippen LogP contribution in [0.1, 0.15) is 45.2 Å². The van der Waals surface area contributed by atoms with Gasteiger partial charge in [-0.25, -0.2) is 15.0 Å². The van der Waals surface area contributed by atoms with E-state index in [0.29, 0.717) is 17.5 Å². The van der Waals surface area contributed by atoms with Crippen LogP contribution in [-0.2, 0) is 5.41 Å². The summed E-state index contributed by atoms with van der Waals surface area (Å²) in [6.45, 7) is 9.00. The molecule has 0 saturated heterocycles. The first kappa shape index (κ1) is 38.2. The lowest BCUT2D eigenvalue weighted by molar-refractivity contribution is 0.661. The number of rotatable bonds is 5. The fourth-order valence-electron chi connectivity index (χ4n) is 9.73. The molecule has 4 heteroatoms. The number of aromatic nitrogens is 4. The smallest absolute Gasteiger partial charge is 0.164 e. The van der Waals surface area contributed by atoms with Crippen molar-refractivity contribution < 1.29 is 0 Å². The second kappa shape index (κ2) is 15.3. The van der Waals surface area contributed by atoms with E-state index in [-0.39, 0.29) is 5.41 Å². The molecule has 0 bridgehead atoms. The van der Waals surface area contributed by atoms with Gasteiger partial charge in [-0.2, -0.15) is 0 Å². The fourth-order valence-corrected chi connectivity index (χ4v) is 9.73. The molecule has 2 heterocycles. The molecule has 0 saturated carbocycles. The van der Waals surface area contributed by atoms with E-state index in [9.17, 15) is 0 Å². The van der Waals surface area contributed by atoms with Crippen molar-refractivity contribution in [2.75, 3.05) is 0 Å². The molecule has 0 N–H and O–H groups in total. The standard InChI is InChI=1S/C56H38N4.C3H8/c1-56(2)47-31-28-35-15-9-11-23-42(35)50(47)45-30-27-39(34-48(45)56)44-25-14-26-46-51-43-24-12-10-16-36(43)29-32-49(51)60(52(44)46)41-22-13-21-40(33-41)55-58-53(37-17-5-3-6-18-37)57-54(59-55)38-19-7-4-8-20-38;1-3-2/h3-34H,1-2H3;3H2,1-2H3. The van der Waals surface area contributed by atoms with Gasteiger partial charge in [0.15, 0.2) is 17.5 Å². The molecule has 9 aromatic carbocycles. The Hall–Kier alpha value is -7.69. The minimum Gasteiger partial charge on any atom is -0.309 e. The molecule has 1 aliphatic carbocycles. The first-order valence-corrected chi connectivity index (χ1v) is 22.0. The van der Waals surface area contributed by atoms with Gasteiger partial charge in [0.1, 0.15) is 0 Å². The zero-order chi connectivity index (χ0) is 42.7. The van der Waals surface area contributed by atoms with E-state index in [1.165, 1.54) is 77.6 Å². The SMILES string of the molecule is CC1(C)c2cc(-c3cccc4c5c6ccccc6ccc5n(-c5cccc(-c6nc(-c7ccccc7)nc(-c7ccccc7)n6)c5)c34)ccc2-c2c1ccc1ccccc21.CCC. The van der Waals surface area contributed by atoms with E-state index >= 15 is 0 Å². The zero-order valence-electron chi connectivity index (χ0n) is 36.0. The third-order valence-corrected chi connectivity index (χ3v) is 12.6. The van der Waals surface area contributed by atoms with E-state index in [4.69, 9.17) is 15.0 Å². The van der Waals surface area contributed by atoms with E-state index in [2.05, 4.69) is 190 Å². The third-order valence-electron chi connectivity index (χ3n) is 12.6. The van der Waals surface area contributed by atoms with E-state index in [0.717, 1.165) is 27.9 Å². The molecule has 1 aliphatic rings. The summed E-state index contributed by atoms with van der Waals surface area (Å²) in [5.74, 6) is 1.92. The monoisotopic (exact) mass is 810 g/mol. The topological polar surface area (TPSA) is 43.6 Å². The van der Waals surface area contributed by atoms with Crippen LogP contribution in [0.2, 0.25) is 0 Å². The summed E-state index contributed by atoms with van der Waals surface area (Å²) < 4.78 is 2.45. The number of hydrogen-bond acceptors (Lipinski definition) is 3. The van der Waals surface area contributed by atoms with Crippen LogP contribution in [0.4, 0.5) is 0 Å². The van der Waals surface area contributed by atoms with Crippen molar-refractivity contribution in [3.8, 4) is 62.1 Å². The second-order valence-corrected chi connectivity index (χ2v) is 17.1. The zero-order valence-corrected chi connectivity index (χ0v) is 36.0. The van der Waals surface area contributed by atoms with Crippen LogP contribution in [0.3, 0.4) is 0 Å². The molecule has 0 amide bonds. The molecule has 0 fully saturated rings. The fraction of sp³-hybridized carbons (Fsp3) is 0.102. The predicted molar refractivity (Wildman–Crippen MR) is 264 cm³/mol. The van der Waals surface area contributed by atoms with Gasteiger partial charge in [0.05, 0.1) is 11.0 Å². The van der Waals surface area contributed by atoms with Crippen molar-refractivity contribution in [2.24, 2.45) is 0 Å². The molecular formula is C59H46N4. The van der Waals surface area contributed by atoms with Crippen molar-refractivity contribution in [3.63, 3.8) is 0 Å². The lowest BCUT2D eigenvalue weighted by Gasteiger charge is -2.22. The van der Waals surface area contributed by atoms with Gasteiger partial charge in [-0.1, -0.05) is 204 Å². The Morgan fingerprint density at radius 2 is 0.984 bits per heavy atom. The number of hydrogen-bond donors (Lipinski definition) is 0. The van der Waals surface area contributed by atoms with E-state index in [1.54, 1.807) is 0 Å². The highest BCUT2D eigenvalue weighted by Crippen LogP contribution is 2.53. The molecule has 0 aliphatic heterocycles. The summed E-state index contributed by atoms with van der Waals surface area (Å²) in [6.07, 6.45) is 1.25. The Balaban J connectivity index is 0.00000144. The van der Waals surface area contributed by atoms with Crippen LogP contribution in [0.25, 0.3) is 105 Å². The summed E-state index contributed by atoms with van der Waals surface area (Å²) in [6, 6.07) is 69.6. The normalized spacial score (nSPS) is 12.6. The summed E-state index contributed by atoms with van der Waals surface area (Å²) in [4.78, 5) is 15.2. The molecular weight excluding hydrogens is 765 g/mol. The molecule has 11 aromatic rings. The van der Waals surface area contributed by atoms with Gasteiger partial charge in [0.2, 0.25) is 0 Å². The van der Waals surface area contributed by atoms with Crippen molar-refractivity contribution in [2.45, 2.75) is 39.5 Å². The van der Waals surface area contributed by atoms with Gasteiger partial charge in [0, 0.05) is 44.1 Å². The van der Waals surface area contributed by atoms with Gasteiger partial charge in [0.25, 0.3) is 0 Å². The second-order valence-electron chi connectivity index (χ2n) is 17.1. The molecule has 63 heavy (non-hydrogen) atoms. The highest BCUT2D eigenvalue weighted by atomic mass is 15.0. The number of nitrogens with zero attached hydrogens (tertiary/aromatic N) is 4. The summed E-state index contributed by atoms with van der Waals surface area (Å²) in [7, 11) is 0. The van der Waals surface area contributed by atoms with E-state index in [1.807, 2.05) is 36.4 Å². The summed E-state index contributed by atoms with van der Waals surface area (Å²) >= 11 is 0. The lowest BCUT2D eigenvalue weighted by atomic mass is 9.81. The minimum absolute atomic E-state index is 0.155. The highest BCUT2D eigenvalue weighted by molar-refractivity contribution is 6.23. The maximum atomic E-state index is 5.10. The van der Waals surface area contributed by atoms with Crippen LogP contribution < -0.4 is 0 Å². The maximum Gasteiger partial charge on any atom is 0.164 e. The first-order chi connectivity index (χ1) is 30.9. The Morgan fingerprint density at radius 1 is 0.429 bits per heavy atom. The number of fused-ring (bicyclic) bond motifs is 10. The number of benzene rings is 9. The Bertz CT molecular complexity index is 3470. The average Bonchev–Trinajstić information content (AvgIpc) is 3.81. The third kappa shape index (κ3) is 6.32. The summed E-state index contributed by atoms with van der Waals surface area (Å²) in [5, 5.41) is 7.51. The van der Waals surface area contributed by atoms with Crippen LogP contribution in [0.5, 0.6) is 0 Å². The summed E-state index contributed by atoms with van der Waals surface area (Å²) in [5.41, 5.74) is 13.8. The highest BCUT2D eigenvalue weighted by Gasteiger charge is 2.37.